The predicted octanol–water partition coefficient (Wildman–Crippen LogP) is 4.84. The SMILES string of the molecule is O=C(c1ccc(F)c(F)c1)[C@@H]1Sc2nnc(C3CC3)n2N[C@@H]1c1ccc(Br)cc1. The van der Waals surface area contributed by atoms with Gasteiger partial charge in [0, 0.05) is 16.0 Å². The Bertz CT molecular complexity index is 1100. The van der Waals surface area contributed by atoms with Gasteiger partial charge in [0.05, 0.1) is 6.04 Å². The van der Waals surface area contributed by atoms with Crippen molar-refractivity contribution in [3.05, 3.63) is 75.5 Å². The van der Waals surface area contributed by atoms with E-state index in [-0.39, 0.29) is 17.4 Å². The van der Waals surface area contributed by atoms with E-state index in [9.17, 15) is 13.6 Å². The molecule has 1 aliphatic carbocycles. The maximum atomic E-state index is 13.7. The number of fused-ring (bicyclic) bond motifs is 1. The third-order valence-corrected chi connectivity index (χ3v) is 6.84. The van der Waals surface area contributed by atoms with Gasteiger partial charge < -0.3 is 5.43 Å². The minimum Gasteiger partial charge on any atom is -0.313 e. The second-order valence-electron chi connectivity index (χ2n) is 7.14. The van der Waals surface area contributed by atoms with E-state index in [0.29, 0.717) is 11.1 Å². The molecule has 0 radical (unpaired) electrons. The first-order valence-corrected chi connectivity index (χ1v) is 10.8. The fourth-order valence-corrected chi connectivity index (χ4v) is 4.84. The molecular weight excluding hydrogens is 462 g/mol. The molecule has 2 aliphatic rings. The van der Waals surface area contributed by atoms with E-state index in [0.717, 1.165) is 40.8 Å². The van der Waals surface area contributed by atoms with Gasteiger partial charge in [0.1, 0.15) is 5.25 Å². The van der Waals surface area contributed by atoms with Crippen molar-refractivity contribution >= 4 is 33.5 Å². The van der Waals surface area contributed by atoms with Crippen LogP contribution in [0.5, 0.6) is 0 Å². The first-order valence-electron chi connectivity index (χ1n) is 9.14. The van der Waals surface area contributed by atoms with Gasteiger partial charge in [-0.2, -0.15) is 0 Å². The zero-order valence-corrected chi connectivity index (χ0v) is 17.4. The molecule has 1 N–H and O–H groups in total. The Labute approximate surface area is 178 Å². The van der Waals surface area contributed by atoms with Gasteiger partial charge in [-0.1, -0.05) is 39.8 Å². The Morgan fingerprint density at radius 2 is 1.86 bits per heavy atom. The number of carbonyl (C=O) groups is 1. The minimum absolute atomic E-state index is 0.126. The van der Waals surface area contributed by atoms with Crippen LogP contribution in [0.1, 0.15) is 46.5 Å². The van der Waals surface area contributed by atoms with Crippen molar-refractivity contribution in [1.29, 1.82) is 0 Å². The molecule has 2 atom stereocenters. The molecule has 1 aliphatic heterocycles. The summed E-state index contributed by atoms with van der Waals surface area (Å²) in [5, 5.41) is 8.52. The fraction of sp³-hybridized carbons (Fsp3) is 0.250. The van der Waals surface area contributed by atoms with Gasteiger partial charge in [0.25, 0.3) is 0 Å². The molecule has 1 saturated carbocycles. The molecule has 1 fully saturated rings. The average molecular weight is 477 g/mol. The van der Waals surface area contributed by atoms with Crippen LogP contribution in [-0.4, -0.2) is 25.9 Å². The molecule has 1 aromatic heterocycles. The van der Waals surface area contributed by atoms with E-state index < -0.39 is 16.9 Å². The van der Waals surface area contributed by atoms with Crippen molar-refractivity contribution in [2.75, 3.05) is 5.43 Å². The molecule has 148 valence electrons. The number of Topliss-reactive ketones (excluding diaryl/α,β-unsaturated/α-hetero) is 1. The highest BCUT2D eigenvalue weighted by molar-refractivity contribution is 9.10. The maximum absolute atomic E-state index is 13.7. The number of halogens is 3. The number of ketones is 1. The van der Waals surface area contributed by atoms with Gasteiger partial charge in [0.15, 0.2) is 23.2 Å². The smallest absolute Gasteiger partial charge is 0.210 e. The normalized spacial score (nSPS) is 20.8. The van der Waals surface area contributed by atoms with Gasteiger partial charge >= 0.3 is 0 Å². The first-order chi connectivity index (χ1) is 14.0. The van der Waals surface area contributed by atoms with Crippen molar-refractivity contribution in [3.63, 3.8) is 0 Å². The van der Waals surface area contributed by atoms with Crippen LogP contribution in [0, 0.1) is 11.6 Å². The molecule has 0 amide bonds. The molecule has 2 aromatic carbocycles. The topological polar surface area (TPSA) is 59.8 Å². The van der Waals surface area contributed by atoms with Crippen LogP contribution in [0.25, 0.3) is 0 Å². The summed E-state index contributed by atoms with van der Waals surface area (Å²) >= 11 is 4.72. The van der Waals surface area contributed by atoms with Gasteiger partial charge in [-0.15, -0.1) is 10.2 Å². The van der Waals surface area contributed by atoms with Crippen LogP contribution < -0.4 is 5.43 Å². The van der Waals surface area contributed by atoms with Crippen molar-refractivity contribution < 1.29 is 13.6 Å². The number of rotatable bonds is 4. The highest BCUT2D eigenvalue weighted by Gasteiger charge is 2.40. The van der Waals surface area contributed by atoms with Gasteiger partial charge in [-0.05, 0) is 48.7 Å². The lowest BCUT2D eigenvalue weighted by Crippen LogP contribution is -2.39. The van der Waals surface area contributed by atoms with E-state index >= 15 is 0 Å². The molecule has 0 saturated heterocycles. The Morgan fingerprint density at radius 1 is 1.10 bits per heavy atom. The standard InChI is InChI=1S/C20H15BrF2N4OS/c21-13-6-3-10(4-7-13)16-18(17(28)12-5-8-14(22)15(23)9-12)29-20-25-24-19(11-1-2-11)27(20)26-16/h3-9,11,16,18,26H,1-2H2/t16-,18-/m1/s1. The largest absolute Gasteiger partial charge is 0.313 e. The number of thioether (sulfide) groups is 1. The van der Waals surface area contributed by atoms with Crippen LogP contribution >= 0.6 is 27.7 Å². The monoisotopic (exact) mass is 476 g/mol. The van der Waals surface area contributed by atoms with Gasteiger partial charge in [0.2, 0.25) is 5.16 Å². The number of nitrogens with zero attached hydrogens (tertiary/aromatic N) is 3. The highest BCUT2D eigenvalue weighted by atomic mass is 79.9. The zero-order chi connectivity index (χ0) is 20.1. The Balaban J connectivity index is 1.55. The Kier molecular flexibility index (Phi) is 4.66. The van der Waals surface area contributed by atoms with Crippen molar-refractivity contribution in [3.8, 4) is 0 Å². The molecule has 2 heterocycles. The second-order valence-corrected chi connectivity index (χ2v) is 9.16. The van der Waals surface area contributed by atoms with Crippen LogP contribution in [0.2, 0.25) is 0 Å². The van der Waals surface area contributed by atoms with Crippen molar-refractivity contribution in [2.24, 2.45) is 0 Å². The minimum atomic E-state index is -1.04. The van der Waals surface area contributed by atoms with Crippen LogP contribution in [0.15, 0.2) is 52.1 Å². The molecule has 9 heteroatoms. The molecule has 0 bridgehead atoms. The molecule has 0 spiro atoms. The lowest BCUT2D eigenvalue weighted by atomic mass is 9.97. The average Bonchev–Trinajstić information content (AvgIpc) is 3.48. The Morgan fingerprint density at radius 3 is 2.55 bits per heavy atom. The summed E-state index contributed by atoms with van der Waals surface area (Å²) in [6, 6.07) is 10.5. The highest BCUT2D eigenvalue weighted by Crippen LogP contribution is 2.44. The van der Waals surface area contributed by atoms with Crippen LogP contribution in [0.3, 0.4) is 0 Å². The van der Waals surface area contributed by atoms with Crippen molar-refractivity contribution in [1.82, 2.24) is 14.9 Å². The quantitative estimate of drug-likeness (QED) is 0.546. The molecule has 5 rings (SSSR count). The lowest BCUT2D eigenvalue weighted by Gasteiger charge is -2.33. The third-order valence-electron chi connectivity index (χ3n) is 5.10. The fourth-order valence-electron chi connectivity index (χ4n) is 3.41. The summed E-state index contributed by atoms with van der Waals surface area (Å²) in [6.07, 6.45) is 2.15. The number of hydrogen-bond acceptors (Lipinski definition) is 5. The molecule has 3 aromatic rings. The van der Waals surface area contributed by atoms with Crippen molar-refractivity contribution in [2.45, 2.75) is 35.2 Å². The van der Waals surface area contributed by atoms with E-state index in [1.165, 1.54) is 17.8 Å². The number of benzene rings is 2. The van der Waals surface area contributed by atoms with E-state index in [4.69, 9.17) is 0 Å². The second kappa shape index (κ2) is 7.21. The van der Waals surface area contributed by atoms with Crippen LogP contribution in [0.4, 0.5) is 8.78 Å². The Hall–Kier alpha value is -2.26. The lowest BCUT2D eigenvalue weighted by molar-refractivity contribution is 0.0979. The molecule has 5 nitrogen and oxygen atoms in total. The summed E-state index contributed by atoms with van der Waals surface area (Å²) in [5.74, 6) is -1.06. The van der Waals surface area contributed by atoms with E-state index in [2.05, 4.69) is 31.6 Å². The summed E-state index contributed by atoms with van der Waals surface area (Å²) in [7, 11) is 0. The summed E-state index contributed by atoms with van der Waals surface area (Å²) < 4.78 is 29.9. The maximum Gasteiger partial charge on any atom is 0.210 e. The number of aromatic nitrogens is 3. The van der Waals surface area contributed by atoms with Gasteiger partial charge in [-0.3, -0.25) is 4.79 Å². The molecular formula is C20H15BrF2N4OS. The number of carbonyl (C=O) groups excluding carboxylic acids is 1. The van der Waals surface area contributed by atoms with E-state index in [1.54, 1.807) is 0 Å². The number of hydrogen-bond donors (Lipinski definition) is 1. The molecule has 29 heavy (non-hydrogen) atoms. The first kappa shape index (κ1) is 18.7. The third kappa shape index (κ3) is 3.46. The zero-order valence-electron chi connectivity index (χ0n) is 15.0. The summed E-state index contributed by atoms with van der Waals surface area (Å²) in [5.41, 5.74) is 4.43. The van der Waals surface area contributed by atoms with E-state index in [1.807, 2.05) is 28.9 Å². The van der Waals surface area contributed by atoms with Gasteiger partial charge in [-0.25, -0.2) is 13.5 Å². The number of nitrogens with one attached hydrogen (secondary N) is 1. The van der Waals surface area contributed by atoms with Crippen LogP contribution in [-0.2, 0) is 0 Å². The predicted molar refractivity (Wildman–Crippen MR) is 109 cm³/mol. The summed E-state index contributed by atoms with van der Waals surface area (Å²) in [6.45, 7) is 0. The molecule has 0 unspecified atom stereocenters. The summed E-state index contributed by atoms with van der Waals surface area (Å²) in [4.78, 5) is 13.3.